The molecule has 0 spiro atoms. The molecule has 0 aromatic heterocycles. The number of phosphoric acid groups is 2. The highest BCUT2D eigenvalue weighted by atomic mass is 31.2. The maximum Gasteiger partial charge on any atom is 0.472 e. The van der Waals surface area contributed by atoms with E-state index >= 15 is 0 Å². The van der Waals surface area contributed by atoms with E-state index in [0.29, 0.717) is 38.5 Å². The second-order valence-corrected chi connectivity index (χ2v) is 19.0. The molecule has 0 aliphatic heterocycles. The summed E-state index contributed by atoms with van der Waals surface area (Å²) < 4.78 is 47.8. The number of carbonyl (C=O) groups excluding carboxylic acids is 2. The molecule has 0 aromatic carbocycles. The van der Waals surface area contributed by atoms with Gasteiger partial charge in [0, 0.05) is 25.2 Å². The highest BCUT2D eigenvalue weighted by molar-refractivity contribution is 7.47. The van der Waals surface area contributed by atoms with E-state index in [2.05, 4.69) is 77.6 Å². The van der Waals surface area contributed by atoms with Crippen LogP contribution in [0.3, 0.4) is 0 Å². The normalized spacial score (nSPS) is 20.8. The minimum absolute atomic E-state index is 0.0156. The van der Waals surface area contributed by atoms with Gasteiger partial charge < -0.3 is 44.6 Å². The first kappa shape index (κ1) is 61.2. The van der Waals surface area contributed by atoms with Gasteiger partial charge in [-0.25, -0.2) is 9.13 Å². The molecule has 378 valence electrons. The molecule has 18 heteroatoms. The van der Waals surface area contributed by atoms with Gasteiger partial charge in [0.05, 0.1) is 38.1 Å². The Morgan fingerprint density at radius 1 is 0.636 bits per heavy atom. The van der Waals surface area contributed by atoms with Crippen molar-refractivity contribution in [1.29, 1.82) is 0 Å². The van der Waals surface area contributed by atoms with E-state index in [1.807, 2.05) is 24.3 Å². The van der Waals surface area contributed by atoms with Gasteiger partial charge in [-0.05, 0) is 70.1 Å². The molecule has 1 rings (SSSR count). The standard InChI is InChI=1S/C48H80O16P2/c1-3-5-7-8-9-10-11-12-13-14-15-16-17-18-19-20-21-22-27-31-47(53)60-38-42(39-63-66(58,59)62-37-41(50)36-61-65(55,56)57)64-48(54)32-28-24-23-26-30-43-44(46(52)35-45(43)51)34-33-40(49)29-25-6-4-2/h5,7,9-10,12-13,15-16,18-19,21-22,33-34,40-46,49-52H,3-4,6,8,11,14,17,20,23-32,35-39H2,1-2H3,(H,58,59)(H2,55,56,57)/b7-5-,10-9-,13-12-,16-15-,19-18-,22-21-,34-33+/t40-,41-,42+,43+,44+,45-,46+/m0/s1. The summed E-state index contributed by atoms with van der Waals surface area (Å²) in [6, 6.07) is 0. The van der Waals surface area contributed by atoms with Gasteiger partial charge in [-0.2, -0.15) is 0 Å². The summed E-state index contributed by atoms with van der Waals surface area (Å²) in [6.07, 6.45) is 36.5. The molecule has 1 aliphatic carbocycles. The number of unbranched alkanes of at least 4 members (excludes halogenated alkanes) is 5. The Hall–Kier alpha value is -2.82. The number of ether oxygens (including phenoxy) is 2. The SMILES string of the molecule is CC/C=C\C/C=C\C/C=C\C/C=C\C/C=C\C/C=C\CCC(=O)OC[C@H](COP(=O)(O)OC[C@@H](O)COP(=O)(O)O)OC(=O)CCCCCC[C@@H]1[C@@H](/C=C/[C@@H](O)CCCCC)[C@H](O)C[C@@H]1O. The average Bonchev–Trinajstić information content (AvgIpc) is 3.54. The van der Waals surface area contributed by atoms with E-state index in [0.717, 1.165) is 64.2 Å². The van der Waals surface area contributed by atoms with Crippen LogP contribution >= 0.6 is 15.6 Å². The lowest BCUT2D eigenvalue weighted by Crippen LogP contribution is -2.29. The molecule has 1 saturated carbocycles. The summed E-state index contributed by atoms with van der Waals surface area (Å²) in [5, 5.41) is 41.2. The molecule has 66 heavy (non-hydrogen) atoms. The molecule has 1 aliphatic rings. The van der Waals surface area contributed by atoms with Crippen LogP contribution in [-0.4, -0.2) is 104 Å². The van der Waals surface area contributed by atoms with E-state index < -0.39 is 84.5 Å². The molecule has 0 aromatic rings. The third-order valence-electron chi connectivity index (χ3n) is 10.4. The number of aliphatic hydroxyl groups is 4. The van der Waals surface area contributed by atoms with Gasteiger partial charge in [0.2, 0.25) is 0 Å². The first-order chi connectivity index (χ1) is 31.6. The van der Waals surface area contributed by atoms with Crippen LogP contribution in [0.1, 0.15) is 136 Å². The molecule has 0 heterocycles. The topological polar surface area (TPSA) is 256 Å². The van der Waals surface area contributed by atoms with Crippen LogP contribution in [-0.2, 0) is 41.8 Å². The maximum atomic E-state index is 12.8. The Labute approximate surface area is 393 Å². The van der Waals surface area contributed by atoms with Crippen molar-refractivity contribution in [2.45, 2.75) is 166 Å². The van der Waals surface area contributed by atoms with Crippen LogP contribution in [0.2, 0.25) is 0 Å². The fourth-order valence-corrected chi connectivity index (χ4v) is 7.98. The molecular formula is C48H80O16P2. The van der Waals surface area contributed by atoms with Gasteiger partial charge >= 0.3 is 27.6 Å². The number of hydrogen-bond donors (Lipinski definition) is 7. The Bertz CT molecular complexity index is 1600. The highest BCUT2D eigenvalue weighted by Crippen LogP contribution is 2.44. The Balaban J connectivity index is 2.57. The second kappa shape index (κ2) is 38.1. The molecule has 0 amide bonds. The zero-order valence-electron chi connectivity index (χ0n) is 39.1. The summed E-state index contributed by atoms with van der Waals surface area (Å²) in [4.78, 5) is 53.0. The lowest BCUT2D eigenvalue weighted by atomic mass is 9.88. The summed E-state index contributed by atoms with van der Waals surface area (Å²) in [5.74, 6) is -1.69. The Morgan fingerprint density at radius 2 is 1.20 bits per heavy atom. The number of aliphatic hydroxyl groups excluding tert-OH is 4. The van der Waals surface area contributed by atoms with Crippen LogP contribution in [0.5, 0.6) is 0 Å². The lowest BCUT2D eigenvalue weighted by Gasteiger charge is -2.21. The van der Waals surface area contributed by atoms with Crippen molar-refractivity contribution in [2.24, 2.45) is 11.8 Å². The lowest BCUT2D eigenvalue weighted by molar-refractivity contribution is -0.161. The Morgan fingerprint density at radius 3 is 1.79 bits per heavy atom. The molecule has 16 nitrogen and oxygen atoms in total. The summed E-state index contributed by atoms with van der Waals surface area (Å²) in [5.41, 5.74) is 0. The molecule has 7 N–H and O–H groups in total. The third kappa shape index (κ3) is 34.5. The van der Waals surface area contributed by atoms with Crippen LogP contribution in [0, 0.1) is 11.8 Å². The zero-order chi connectivity index (χ0) is 48.9. The average molecular weight is 975 g/mol. The van der Waals surface area contributed by atoms with Crippen molar-refractivity contribution in [1.82, 2.24) is 0 Å². The number of hydrogen-bond acceptors (Lipinski definition) is 13. The zero-order valence-corrected chi connectivity index (χ0v) is 40.9. The van der Waals surface area contributed by atoms with E-state index in [1.54, 1.807) is 6.08 Å². The summed E-state index contributed by atoms with van der Waals surface area (Å²) in [7, 11) is -9.80. The van der Waals surface area contributed by atoms with Gasteiger partial charge in [0.1, 0.15) is 12.7 Å². The minimum Gasteiger partial charge on any atom is -0.462 e. The number of esters is 2. The van der Waals surface area contributed by atoms with Gasteiger partial charge in [0.15, 0.2) is 6.10 Å². The first-order valence-electron chi connectivity index (χ1n) is 23.5. The van der Waals surface area contributed by atoms with E-state index in [1.165, 1.54) is 0 Å². The van der Waals surface area contributed by atoms with Crippen molar-refractivity contribution in [3.8, 4) is 0 Å². The molecule has 1 fully saturated rings. The van der Waals surface area contributed by atoms with Gasteiger partial charge in [0.25, 0.3) is 0 Å². The van der Waals surface area contributed by atoms with Crippen LogP contribution in [0.15, 0.2) is 85.1 Å². The number of allylic oxidation sites excluding steroid dienone is 12. The first-order valence-corrected chi connectivity index (χ1v) is 26.6. The van der Waals surface area contributed by atoms with Crippen molar-refractivity contribution in [2.75, 3.05) is 26.4 Å². The van der Waals surface area contributed by atoms with Crippen LogP contribution in [0.4, 0.5) is 0 Å². The van der Waals surface area contributed by atoms with Crippen molar-refractivity contribution >= 4 is 27.6 Å². The number of carbonyl (C=O) groups is 2. The molecule has 1 unspecified atom stereocenters. The fraction of sp³-hybridized carbons (Fsp3) is 0.667. The highest BCUT2D eigenvalue weighted by Gasteiger charge is 2.39. The van der Waals surface area contributed by atoms with Crippen LogP contribution < -0.4 is 0 Å². The minimum atomic E-state index is -4.91. The summed E-state index contributed by atoms with van der Waals surface area (Å²) in [6.45, 7) is 1.21. The largest absolute Gasteiger partial charge is 0.472 e. The molecular weight excluding hydrogens is 894 g/mol. The third-order valence-corrected chi connectivity index (χ3v) is 11.8. The van der Waals surface area contributed by atoms with Gasteiger partial charge in [-0.15, -0.1) is 0 Å². The van der Waals surface area contributed by atoms with Crippen molar-refractivity contribution in [3.05, 3.63) is 85.1 Å². The second-order valence-electron chi connectivity index (χ2n) is 16.3. The number of rotatable bonds is 39. The smallest absolute Gasteiger partial charge is 0.462 e. The molecule has 0 bridgehead atoms. The van der Waals surface area contributed by atoms with Crippen molar-refractivity contribution < 1.29 is 76.9 Å². The molecule has 8 atom stereocenters. The summed E-state index contributed by atoms with van der Waals surface area (Å²) >= 11 is 0. The quantitative estimate of drug-likeness (QED) is 0.0132. The van der Waals surface area contributed by atoms with E-state index in [-0.39, 0.29) is 31.1 Å². The predicted molar refractivity (Wildman–Crippen MR) is 255 cm³/mol. The Kier molecular flexibility index (Phi) is 35.3. The number of phosphoric ester groups is 2. The van der Waals surface area contributed by atoms with Gasteiger partial charge in [-0.3, -0.25) is 23.2 Å². The van der Waals surface area contributed by atoms with E-state index in [4.69, 9.17) is 23.8 Å². The van der Waals surface area contributed by atoms with Crippen LogP contribution in [0.25, 0.3) is 0 Å². The van der Waals surface area contributed by atoms with Crippen molar-refractivity contribution in [3.63, 3.8) is 0 Å². The van der Waals surface area contributed by atoms with Gasteiger partial charge in [-0.1, -0.05) is 137 Å². The van der Waals surface area contributed by atoms with E-state index in [9.17, 15) is 44.0 Å². The monoisotopic (exact) mass is 974 g/mol. The predicted octanol–water partition coefficient (Wildman–Crippen LogP) is 8.72. The maximum absolute atomic E-state index is 12.8. The molecule has 0 radical (unpaired) electrons. The fourth-order valence-electron chi connectivity index (χ4n) is 6.82. The molecule has 0 saturated heterocycles.